The molecular formula is C29H17NO3. The van der Waals surface area contributed by atoms with Crippen LogP contribution in [0.4, 0.5) is 0 Å². The lowest BCUT2D eigenvalue weighted by molar-refractivity contribution is 0.0969. The summed E-state index contributed by atoms with van der Waals surface area (Å²) in [6.45, 7) is 0. The van der Waals surface area contributed by atoms with Gasteiger partial charge in [0, 0.05) is 34.0 Å². The highest BCUT2D eigenvalue weighted by Crippen LogP contribution is 2.32. The van der Waals surface area contributed by atoms with E-state index in [0.717, 1.165) is 11.1 Å². The maximum atomic E-state index is 13.8. The zero-order chi connectivity index (χ0) is 22.5. The van der Waals surface area contributed by atoms with Crippen LogP contribution in [0.3, 0.4) is 0 Å². The van der Waals surface area contributed by atoms with E-state index >= 15 is 0 Å². The lowest BCUT2D eigenvalue weighted by Gasteiger charge is -2.21. The van der Waals surface area contributed by atoms with E-state index < -0.39 is 0 Å². The highest BCUT2D eigenvalue weighted by molar-refractivity contribution is 6.32. The van der Waals surface area contributed by atoms with Crippen LogP contribution in [0.5, 0.6) is 0 Å². The molecule has 0 saturated carbocycles. The van der Waals surface area contributed by atoms with Crippen LogP contribution in [-0.4, -0.2) is 21.8 Å². The van der Waals surface area contributed by atoms with Crippen LogP contribution in [0.1, 0.15) is 47.9 Å². The van der Waals surface area contributed by atoms with Gasteiger partial charge in [0.05, 0.1) is 5.56 Å². The topological polar surface area (TPSA) is 55.6 Å². The van der Waals surface area contributed by atoms with Crippen molar-refractivity contribution in [3.8, 4) is 11.1 Å². The summed E-state index contributed by atoms with van der Waals surface area (Å²) in [5.41, 5.74) is 4.55. The molecule has 4 nitrogen and oxygen atoms in total. The molecular weight excluding hydrogens is 410 g/mol. The van der Waals surface area contributed by atoms with Crippen molar-refractivity contribution in [3.63, 3.8) is 0 Å². The van der Waals surface area contributed by atoms with Crippen molar-refractivity contribution in [2.24, 2.45) is 0 Å². The largest absolute Gasteiger partial charge is 0.313 e. The molecule has 0 fully saturated rings. The predicted molar refractivity (Wildman–Crippen MR) is 126 cm³/mol. The summed E-state index contributed by atoms with van der Waals surface area (Å²) in [5.74, 6) is -0.842. The molecule has 0 unspecified atom stereocenters. The molecule has 4 heteroatoms. The fraction of sp³-hybridized carbons (Fsp3) is 0. The first-order chi connectivity index (χ1) is 16.1. The molecule has 2 aromatic heterocycles. The highest BCUT2D eigenvalue weighted by atomic mass is 16.1. The quantitative estimate of drug-likeness (QED) is 0.345. The summed E-state index contributed by atoms with van der Waals surface area (Å²) in [4.78, 5) is 40.5. The molecule has 0 saturated heterocycles. The third-order valence-electron chi connectivity index (χ3n) is 6.18. The van der Waals surface area contributed by atoms with Gasteiger partial charge in [-0.3, -0.25) is 14.4 Å². The van der Waals surface area contributed by atoms with Crippen LogP contribution in [0.15, 0.2) is 103 Å². The number of carbonyl (C=O) groups is 3. The summed E-state index contributed by atoms with van der Waals surface area (Å²) in [6.07, 6.45) is 1.75. The highest BCUT2D eigenvalue weighted by Gasteiger charge is 2.35. The summed E-state index contributed by atoms with van der Waals surface area (Å²) < 4.78 is 1.70. The second kappa shape index (κ2) is 7.24. The van der Waals surface area contributed by atoms with Crippen molar-refractivity contribution >= 4 is 22.9 Å². The molecule has 0 amide bonds. The summed E-state index contributed by atoms with van der Waals surface area (Å²) in [5, 5.41) is 0. The third-order valence-corrected chi connectivity index (χ3v) is 6.18. The number of hydrogen-bond donors (Lipinski definition) is 0. The lowest BCUT2D eigenvalue weighted by atomic mass is 9.82. The number of aromatic nitrogens is 1. The van der Waals surface area contributed by atoms with Crippen molar-refractivity contribution in [1.29, 1.82) is 0 Å². The van der Waals surface area contributed by atoms with Crippen LogP contribution in [-0.2, 0) is 0 Å². The van der Waals surface area contributed by atoms with E-state index in [9.17, 15) is 14.4 Å². The Bertz CT molecular complexity index is 1590. The van der Waals surface area contributed by atoms with Gasteiger partial charge in [-0.15, -0.1) is 0 Å². The Morgan fingerprint density at radius 1 is 0.606 bits per heavy atom. The van der Waals surface area contributed by atoms with E-state index in [4.69, 9.17) is 0 Å². The van der Waals surface area contributed by atoms with Crippen molar-refractivity contribution < 1.29 is 14.4 Å². The van der Waals surface area contributed by atoms with Crippen molar-refractivity contribution in [1.82, 2.24) is 4.40 Å². The summed E-state index contributed by atoms with van der Waals surface area (Å²) >= 11 is 0. The van der Waals surface area contributed by atoms with Crippen molar-refractivity contribution in [2.45, 2.75) is 0 Å². The van der Waals surface area contributed by atoms with Gasteiger partial charge in [0.1, 0.15) is 5.69 Å². The van der Waals surface area contributed by atoms with E-state index in [2.05, 4.69) is 0 Å². The molecule has 2 heterocycles. The van der Waals surface area contributed by atoms with E-state index in [1.165, 1.54) is 0 Å². The summed E-state index contributed by atoms with van der Waals surface area (Å²) in [6, 6.07) is 29.3. The molecule has 0 aliphatic heterocycles. The van der Waals surface area contributed by atoms with Gasteiger partial charge < -0.3 is 4.40 Å². The van der Waals surface area contributed by atoms with Gasteiger partial charge in [0.15, 0.2) is 11.6 Å². The van der Waals surface area contributed by atoms with E-state index in [1.54, 1.807) is 59.1 Å². The SMILES string of the molecule is O=C1c2ccccc2C(=O)c2c1cc1cccn1c2C(=O)c1ccc(-c2ccccc2)cc1. The Morgan fingerprint density at radius 3 is 1.97 bits per heavy atom. The molecule has 1 aliphatic rings. The van der Waals surface area contributed by atoms with Crippen LogP contribution in [0.25, 0.3) is 16.6 Å². The minimum atomic E-state index is -0.306. The number of nitrogens with zero attached hydrogens (tertiary/aromatic N) is 1. The fourth-order valence-electron chi connectivity index (χ4n) is 4.56. The van der Waals surface area contributed by atoms with E-state index in [0.29, 0.717) is 22.2 Å². The normalized spacial score (nSPS) is 12.5. The Kier molecular flexibility index (Phi) is 4.20. The molecule has 33 heavy (non-hydrogen) atoms. The van der Waals surface area contributed by atoms with Gasteiger partial charge in [-0.1, -0.05) is 78.9 Å². The maximum Gasteiger partial charge on any atom is 0.210 e. The van der Waals surface area contributed by atoms with Crippen LogP contribution >= 0.6 is 0 Å². The molecule has 0 spiro atoms. The second-order valence-corrected chi connectivity index (χ2v) is 8.06. The molecule has 156 valence electrons. The van der Waals surface area contributed by atoms with Gasteiger partial charge in [-0.05, 0) is 29.3 Å². The average molecular weight is 427 g/mol. The number of pyridine rings is 1. The number of hydrogen-bond acceptors (Lipinski definition) is 3. The Labute approximate surface area is 189 Å². The van der Waals surface area contributed by atoms with Crippen LogP contribution in [0, 0.1) is 0 Å². The molecule has 0 radical (unpaired) electrons. The first-order valence-electron chi connectivity index (χ1n) is 10.7. The monoisotopic (exact) mass is 427 g/mol. The predicted octanol–water partition coefficient (Wildman–Crippen LogP) is 5.61. The number of fused-ring (bicyclic) bond motifs is 3. The standard InChI is InChI=1S/C29H17NO3/c31-27(20-14-12-19(13-15-20)18-7-2-1-3-8-18)26-25-24(17-21-9-6-16-30(21)26)28(32)22-10-4-5-11-23(22)29(25)33/h1-17H. The van der Waals surface area contributed by atoms with Gasteiger partial charge in [0.2, 0.25) is 5.78 Å². The Morgan fingerprint density at radius 2 is 1.24 bits per heavy atom. The number of benzene rings is 3. The zero-order valence-corrected chi connectivity index (χ0v) is 17.5. The molecule has 6 rings (SSSR count). The van der Waals surface area contributed by atoms with Crippen LogP contribution < -0.4 is 0 Å². The Hall–Kier alpha value is -4.57. The fourth-order valence-corrected chi connectivity index (χ4v) is 4.56. The van der Waals surface area contributed by atoms with Gasteiger partial charge in [-0.2, -0.15) is 0 Å². The average Bonchev–Trinajstić information content (AvgIpc) is 3.35. The first kappa shape index (κ1) is 19.1. The van der Waals surface area contributed by atoms with Crippen LogP contribution in [0.2, 0.25) is 0 Å². The summed E-state index contributed by atoms with van der Waals surface area (Å²) in [7, 11) is 0. The smallest absolute Gasteiger partial charge is 0.210 e. The lowest BCUT2D eigenvalue weighted by Crippen LogP contribution is -2.26. The van der Waals surface area contributed by atoms with Gasteiger partial charge in [0.25, 0.3) is 0 Å². The van der Waals surface area contributed by atoms with Gasteiger partial charge >= 0.3 is 0 Å². The molecule has 5 aromatic rings. The van der Waals surface area contributed by atoms with Crippen molar-refractivity contribution in [2.75, 3.05) is 0 Å². The molecule has 1 aliphatic carbocycles. The Balaban J connectivity index is 1.53. The van der Waals surface area contributed by atoms with Gasteiger partial charge in [-0.25, -0.2) is 0 Å². The second-order valence-electron chi connectivity index (χ2n) is 8.06. The minimum Gasteiger partial charge on any atom is -0.313 e. The van der Waals surface area contributed by atoms with E-state index in [-0.39, 0.29) is 34.2 Å². The molecule has 0 N–H and O–H groups in total. The molecule has 3 aromatic carbocycles. The molecule has 0 atom stereocenters. The number of carbonyl (C=O) groups excluding carboxylic acids is 3. The first-order valence-corrected chi connectivity index (χ1v) is 10.7. The number of ketones is 3. The molecule has 0 bridgehead atoms. The minimum absolute atomic E-state index is 0.166. The zero-order valence-electron chi connectivity index (χ0n) is 17.5. The third kappa shape index (κ3) is 2.88. The maximum absolute atomic E-state index is 13.8. The number of rotatable bonds is 3. The van der Waals surface area contributed by atoms with E-state index in [1.807, 2.05) is 48.5 Å². The van der Waals surface area contributed by atoms with Crippen molar-refractivity contribution in [3.05, 3.63) is 137 Å².